The van der Waals surface area contributed by atoms with Crippen LogP contribution >= 0.6 is 23.4 Å². The molecule has 3 heterocycles. The van der Waals surface area contributed by atoms with E-state index >= 15 is 0 Å². The van der Waals surface area contributed by atoms with Gasteiger partial charge < -0.3 is 5.32 Å². The molecule has 3 aliphatic rings. The number of piperidine rings is 1. The molecule has 0 radical (unpaired) electrons. The molecule has 2 N–H and O–H groups in total. The first-order valence-electron chi connectivity index (χ1n) is 20.5. The maximum atomic E-state index is 13.9. The number of alkyl halides is 3. The normalized spacial score (nSPS) is 18.7. The van der Waals surface area contributed by atoms with Crippen molar-refractivity contribution in [2.45, 2.75) is 92.1 Å². The number of nitrogens with zero attached hydrogens (tertiary/aromatic N) is 4. The number of allylic oxidation sites excluding steroid dienone is 1. The first kappa shape index (κ1) is 45.4. The van der Waals surface area contributed by atoms with E-state index in [0.29, 0.717) is 48.6 Å². The van der Waals surface area contributed by atoms with Crippen molar-refractivity contribution in [3.8, 4) is 0 Å². The molecule has 1 aliphatic carbocycles. The lowest BCUT2D eigenvalue weighted by atomic mass is 9.72. The fourth-order valence-electron chi connectivity index (χ4n) is 8.40. The maximum Gasteiger partial charge on any atom is 0.501 e. The van der Waals surface area contributed by atoms with Crippen LogP contribution < -0.4 is 10.0 Å². The van der Waals surface area contributed by atoms with Crippen LogP contribution in [0.3, 0.4) is 0 Å². The summed E-state index contributed by atoms with van der Waals surface area (Å²) in [5.74, 6) is 0.558. The molecule has 7 rings (SSSR count). The summed E-state index contributed by atoms with van der Waals surface area (Å²) in [4.78, 5) is 12.9. The molecule has 328 valence electrons. The zero-order valence-electron chi connectivity index (χ0n) is 34.5. The largest absolute Gasteiger partial charge is 0.501 e. The number of benzene rings is 3. The van der Waals surface area contributed by atoms with Crippen molar-refractivity contribution in [3.63, 3.8) is 0 Å². The lowest BCUT2D eigenvalue weighted by molar-refractivity contribution is -0.0435. The molecule has 61 heavy (non-hydrogen) atoms. The van der Waals surface area contributed by atoms with Crippen molar-refractivity contribution in [3.05, 3.63) is 107 Å². The summed E-state index contributed by atoms with van der Waals surface area (Å²) in [5.41, 5.74) is -0.295. The average Bonchev–Trinajstić information content (AvgIpc) is 3.23. The van der Waals surface area contributed by atoms with Gasteiger partial charge in [-0.05, 0) is 117 Å². The molecule has 1 unspecified atom stereocenters. The Balaban J connectivity index is 1.00. The zero-order valence-corrected chi connectivity index (χ0v) is 37.7. The Bertz CT molecular complexity index is 2450. The Morgan fingerprint density at radius 2 is 1.67 bits per heavy atom. The van der Waals surface area contributed by atoms with Gasteiger partial charge in [0, 0.05) is 53.5 Å². The number of thioether (sulfide) groups is 1. The number of halogens is 4. The van der Waals surface area contributed by atoms with Crippen LogP contribution in [0.1, 0.15) is 69.7 Å². The number of hydrogen-bond acceptors (Lipinski definition) is 10. The molecule has 1 aromatic heterocycles. The fraction of sp³-hybridized carbons (Fsp3) is 0.455. The zero-order chi connectivity index (χ0) is 43.6. The van der Waals surface area contributed by atoms with Gasteiger partial charge in [0.25, 0.3) is 19.9 Å². The SMILES string of the molecule is CC(CNc1ccc(S(=O)(=O)Nc2ncnc3c2CCN(C2CCN(CC4=C(c5ccc(Cl)cc5)CC(C)(C)CC4)CC2)C3)cc1S(=O)(=O)C(F)(F)F)CSc1ccccc1. The van der Waals surface area contributed by atoms with E-state index in [9.17, 15) is 30.0 Å². The molecule has 0 spiro atoms. The number of nitrogens with one attached hydrogen (secondary N) is 2. The molecule has 0 bridgehead atoms. The highest BCUT2D eigenvalue weighted by atomic mass is 35.5. The van der Waals surface area contributed by atoms with Gasteiger partial charge in [0.05, 0.1) is 16.3 Å². The van der Waals surface area contributed by atoms with E-state index in [1.54, 1.807) is 11.8 Å². The molecule has 17 heteroatoms. The summed E-state index contributed by atoms with van der Waals surface area (Å²) in [7, 11) is -10.5. The van der Waals surface area contributed by atoms with Crippen LogP contribution in [-0.4, -0.2) is 86.6 Å². The van der Waals surface area contributed by atoms with E-state index in [1.165, 1.54) is 23.0 Å². The highest BCUT2D eigenvalue weighted by molar-refractivity contribution is 7.99. The highest BCUT2D eigenvalue weighted by Crippen LogP contribution is 2.44. The molecular weight excluding hydrogens is 865 g/mol. The Kier molecular flexibility index (Phi) is 13.8. The molecule has 10 nitrogen and oxygen atoms in total. The molecule has 2 aliphatic heterocycles. The van der Waals surface area contributed by atoms with Gasteiger partial charge >= 0.3 is 5.51 Å². The third-order valence-corrected chi connectivity index (χ3v) is 16.4. The Morgan fingerprint density at radius 1 is 0.951 bits per heavy atom. The standard InChI is InChI=1S/C44H52ClF3N6O4S3/c1-30(28-59-35-7-5-4-6-8-35)25-49-39-14-13-36(23-41(39)60(55,56)44(46,47)48)61(57,58)52-42-37-18-22-54(27-40(37)50-29-51-42)34-16-20-53(21-17-34)26-32-15-19-43(2,3)24-38(32)31-9-11-33(45)12-10-31/h4-14,23,29-30,34,49H,15-22,24-28H2,1-3H3,(H,50,51,52). The highest BCUT2D eigenvalue weighted by Gasteiger charge is 2.48. The first-order chi connectivity index (χ1) is 28.9. The fourth-order valence-corrected chi connectivity index (χ4v) is 11.6. The van der Waals surface area contributed by atoms with Gasteiger partial charge in [-0.1, -0.05) is 68.3 Å². The van der Waals surface area contributed by atoms with Crippen LogP contribution in [0.25, 0.3) is 5.57 Å². The maximum absolute atomic E-state index is 13.9. The van der Waals surface area contributed by atoms with E-state index in [0.717, 1.165) is 73.8 Å². The second kappa shape index (κ2) is 18.6. The minimum atomic E-state index is -5.93. The summed E-state index contributed by atoms with van der Waals surface area (Å²) in [6, 6.07) is 20.8. The van der Waals surface area contributed by atoms with Gasteiger partial charge in [-0.2, -0.15) is 13.2 Å². The summed E-state index contributed by atoms with van der Waals surface area (Å²) in [5, 5.41) is 3.55. The Labute approximate surface area is 366 Å². The number of hydrogen-bond donors (Lipinski definition) is 2. The van der Waals surface area contributed by atoms with Gasteiger partial charge in [0.2, 0.25) is 0 Å². The molecule has 4 aromatic rings. The van der Waals surface area contributed by atoms with Gasteiger partial charge in [-0.15, -0.1) is 11.8 Å². The quantitative estimate of drug-likeness (QED) is 0.118. The number of aromatic nitrogens is 2. The van der Waals surface area contributed by atoms with E-state index in [4.69, 9.17) is 11.6 Å². The monoisotopic (exact) mass is 916 g/mol. The van der Waals surface area contributed by atoms with Gasteiger partial charge in [0.15, 0.2) is 0 Å². The lowest BCUT2D eigenvalue weighted by Gasteiger charge is -2.41. The second-order valence-corrected chi connectivity index (χ2v) is 22.2. The van der Waals surface area contributed by atoms with Crippen LogP contribution in [0, 0.1) is 11.3 Å². The minimum Gasteiger partial charge on any atom is -0.384 e. The average molecular weight is 918 g/mol. The van der Waals surface area contributed by atoms with E-state index in [1.807, 2.05) is 49.4 Å². The van der Waals surface area contributed by atoms with E-state index < -0.39 is 35.2 Å². The van der Waals surface area contributed by atoms with Crippen LogP contribution in [0.15, 0.2) is 99.4 Å². The molecule has 3 aromatic carbocycles. The lowest BCUT2D eigenvalue weighted by Crippen LogP contribution is -2.47. The number of sulfone groups is 1. The number of sulfonamides is 1. The van der Waals surface area contributed by atoms with Crippen molar-refractivity contribution in [1.29, 1.82) is 0 Å². The summed E-state index contributed by atoms with van der Waals surface area (Å²) in [6.07, 6.45) is 6.95. The number of likely N-dealkylation sites (tertiary alicyclic amines) is 1. The molecular formula is C44H52ClF3N6O4S3. The topological polar surface area (TPSA) is 125 Å². The molecule has 0 amide bonds. The van der Waals surface area contributed by atoms with Crippen molar-refractivity contribution >= 4 is 60.3 Å². The summed E-state index contributed by atoms with van der Waals surface area (Å²) in [6.45, 7) is 10.7. The van der Waals surface area contributed by atoms with Gasteiger partial charge in [0.1, 0.15) is 17.0 Å². The van der Waals surface area contributed by atoms with Crippen LogP contribution in [0.2, 0.25) is 5.02 Å². The predicted molar refractivity (Wildman–Crippen MR) is 237 cm³/mol. The van der Waals surface area contributed by atoms with Crippen LogP contribution in [0.4, 0.5) is 24.7 Å². The van der Waals surface area contributed by atoms with Crippen molar-refractivity contribution in [2.24, 2.45) is 11.3 Å². The van der Waals surface area contributed by atoms with Crippen molar-refractivity contribution in [1.82, 2.24) is 19.8 Å². The predicted octanol–water partition coefficient (Wildman–Crippen LogP) is 9.55. The van der Waals surface area contributed by atoms with Crippen molar-refractivity contribution < 1.29 is 30.0 Å². The number of rotatable bonds is 14. The third kappa shape index (κ3) is 10.9. The number of anilines is 2. The third-order valence-electron chi connectivity index (χ3n) is 11.9. The van der Waals surface area contributed by atoms with Crippen LogP contribution in [0.5, 0.6) is 0 Å². The van der Waals surface area contributed by atoms with E-state index in [-0.39, 0.29) is 29.4 Å². The molecule has 1 fully saturated rings. The Morgan fingerprint density at radius 3 is 2.38 bits per heavy atom. The Hall–Kier alpha value is -3.67. The van der Waals surface area contributed by atoms with Gasteiger partial charge in [-0.25, -0.2) is 26.8 Å². The smallest absolute Gasteiger partial charge is 0.384 e. The van der Waals surface area contributed by atoms with E-state index in [2.05, 4.69) is 55.8 Å². The van der Waals surface area contributed by atoms with Gasteiger partial charge in [-0.3, -0.25) is 14.5 Å². The summed E-state index contributed by atoms with van der Waals surface area (Å²) >= 11 is 7.78. The minimum absolute atomic E-state index is 0.0204. The summed E-state index contributed by atoms with van der Waals surface area (Å²) < 4.78 is 97.4. The second-order valence-electron chi connectivity index (χ2n) is 17.1. The van der Waals surface area contributed by atoms with Crippen molar-refractivity contribution in [2.75, 3.05) is 48.5 Å². The molecule has 0 saturated carbocycles. The first-order valence-corrected chi connectivity index (χ1v) is 24.9. The molecule has 1 saturated heterocycles. The number of fused-ring (bicyclic) bond motifs is 1. The molecule has 1 atom stereocenters. The van der Waals surface area contributed by atoms with Crippen LogP contribution in [-0.2, 0) is 32.8 Å².